The number of hydrogen-bond donors (Lipinski definition) is 3. The minimum absolute atomic E-state index is 0.0449. The van der Waals surface area contributed by atoms with Gasteiger partial charge in [-0.1, -0.05) is 37.3 Å². The van der Waals surface area contributed by atoms with Crippen LogP contribution in [0.25, 0.3) is 0 Å². The molecule has 1 aromatic rings. The Morgan fingerprint density at radius 2 is 1.85 bits per heavy atom. The highest BCUT2D eigenvalue weighted by Gasteiger charge is 2.26. The summed E-state index contributed by atoms with van der Waals surface area (Å²) >= 11 is 0. The number of piperidine rings is 1. The Kier molecular flexibility index (Phi) is 8.22. The molecule has 1 aromatic carbocycles. The Labute approximate surface area is 159 Å². The quantitative estimate of drug-likeness (QED) is 0.623. The number of likely N-dealkylation sites (tertiary alicyclic amines) is 1. The lowest BCUT2D eigenvalue weighted by Gasteiger charge is -2.37. The van der Waals surface area contributed by atoms with Gasteiger partial charge in [0.05, 0.1) is 13.1 Å². The first-order chi connectivity index (χ1) is 13.0. The average molecular weight is 376 g/mol. The summed E-state index contributed by atoms with van der Waals surface area (Å²) in [6, 6.07) is 9.20. The number of carboxylic acids is 1. The molecule has 2 rings (SSSR count). The molecule has 0 unspecified atom stereocenters. The molecular formula is C19H28N4O4. The van der Waals surface area contributed by atoms with E-state index in [1.54, 1.807) is 0 Å². The smallest absolute Gasteiger partial charge is 0.321 e. The van der Waals surface area contributed by atoms with Gasteiger partial charge in [0.2, 0.25) is 5.91 Å². The van der Waals surface area contributed by atoms with Crippen LogP contribution in [0.2, 0.25) is 0 Å². The van der Waals surface area contributed by atoms with Crippen LogP contribution in [0.4, 0.5) is 4.79 Å². The number of aliphatic carboxylic acids is 1. The lowest BCUT2D eigenvalue weighted by molar-refractivity contribution is -0.139. The van der Waals surface area contributed by atoms with Gasteiger partial charge in [-0.3, -0.25) is 24.7 Å². The second-order valence-electron chi connectivity index (χ2n) is 6.68. The third-order valence-corrected chi connectivity index (χ3v) is 4.73. The Bertz CT molecular complexity index is 630. The fourth-order valence-electron chi connectivity index (χ4n) is 3.31. The van der Waals surface area contributed by atoms with Crippen molar-refractivity contribution >= 4 is 17.9 Å². The lowest BCUT2D eigenvalue weighted by atomic mass is 10.0. The SMILES string of the molecule is CCN(CC(=O)O)C1CCN(CC(=O)NC(=O)NCc2ccccc2)CC1. The van der Waals surface area contributed by atoms with Crippen LogP contribution < -0.4 is 10.6 Å². The van der Waals surface area contributed by atoms with E-state index in [2.05, 4.69) is 10.6 Å². The minimum atomic E-state index is -0.819. The van der Waals surface area contributed by atoms with Crippen LogP contribution in [0.3, 0.4) is 0 Å². The van der Waals surface area contributed by atoms with Crippen LogP contribution in [-0.4, -0.2) is 71.6 Å². The molecular weight excluding hydrogens is 348 g/mol. The van der Waals surface area contributed by atoms with Crippen LogP contribution in [-0.2, 0) is 16.1 Å². The zero-order valence-electron chi connectivity index (χ0n) is 15.7. The number of rotatable bonds is 8. The van der Waals surface area contributed by atoms with Crippen molar-refractivity contribution in [2.24, 2.45) is 0 Å². The summed E-state index contributed by atoms with van der Waals surface area (Å²) in [5, 5.41) is 14.0. The molecule has 3 N–H and O–H groups in total. The maximum Gasteiger partial charge on any atom is 0.321 e. The van der Waals surface area contributed by atoms with E-state index in [1.165, 1.54) is 0 Å². The number of carbonyl (C=O) groups excluding carboxylic acids is 2. The fourth-order valence-corrected chi connectivity index (χ4v) is 3.31. The maximum atomic E-state index is 12.0. The van der Waals surface area contributed by atoms with Crippen molar-refractivity contribution in [3.63, 3.8) is 0 Å². The molecule has 1 saturated heterocycles. The lowest BCUT2D eigenvalue weighted by Crippen LogP contribution is -2.50. The van der Waals surface area contributed by atoms with Crippen molar-refractivity contribution in [2.45, 2.75) is 32.4 Å². The first kappa shape index (κ1) is 20.9. The Morgan fingerprint density at radius 1 is 1.19 bits per heavy atom. The van der Waals surface area contributed by atoms with Gasteiger partial charge in [0.15, 0.2) is 0 Å². The molecule has 0 spiro atoms. The third-order valence-electron chi connectivity index (χ3n) is 4.73. The number of amides is 3. The van der Waals surface area contributed by atoms with E-state index < -0.39 is 12.0 Å². The first-order valence-electron chi connectivity index (χ1n) is 9.27. The van der Waals surface area contributed by atoms with E-state index in [1.807, 2.05) is 47.1 Å². The largest absolute Gasteiger partial charge is 0.480 e. The summed E-state index contributed by atoms with van der Waals surface area (Å²) in [5.41, 5.74) is 0.962. The van der Waals surface area contributed by atoms with E-state index in [0.29, 0.717) is 26.2 Å². The van der Waals surface area contributed by atoms with Gasteiger partial charge < -0.3 is 10.4 Å². The molecule has 1 heterocycles. The summed E-state index contributed by atoms with van der Waals surface area (Å²) in [7, 11) is 0. The Hall–Kier alpha value is -2.45. The summed E-state index contributed by atoms with van der Waals surface area (Å²) < 4.78 is 0. The van der Waals surface area contributed by atoms with E-state index in [9.17, 15) is 14.4 Å². The van der Waals surface area contributed by atoms with Crippen molar-refractivity contribution in [3.8, 4) is 0 Å². The van der Waals surface area contributed by atoms with Gasteiger partial charge in [0.25, 0.3) is 0 Å². The number of urea groups is 1. The second-order valence-corrected chi connectivity index (χ2v) is 6.68. The van der Waals surface area contributed by atoms with E-state index in [0.717, 1.165) is 18.4 Å². The van der Waals surface area contributed by atoms with Crippen molar-refractivity contribution in [1.82, 2.24) is 20.4 Å². The molecule has 0 aliphatic carbocycles. The molecule has 0 atom stereocenters. The zero-order chi connectivity index (χ0) is 19.6. The van der Waals surface area contributed by atoms with Gasteiger partial charge in [0, 0.05) is 25.7 Å². The van der Waals surface area contributed by atoms with Crippen LogP contribution in [0.5, 0.6) is 0 Å². The minimum Gasteiger partial charge on any atom is -0.480 e. The number of hydrogen-bond acceptors (Lipinski definition) is 5. The molecule has 1 fully saturated rings. The third kappa shape index (κ3) is 7.36. The molecule has 1 aliphatic heterocycles. The predicted octanol–water partition coefficient (Wildman–Crippen LogP) is 0.883. The van der Waals surface area contributed by atoms with E-state index >= 15 is 0 Å². The standard InChI is InChI=1S/C19H28N4O4/c1-2-23(14-18(25)26)16-8-10-22(11-9-16)13-17(24)21-19(27)20-12-15-6-4-3-5-7-15/h3-7,16H,2,8-14H2,1H3,(H,25,26)(H2,20,21,24,27). The second kappa shape index (κ2) is 10.6. The predicted molar refractivity (Wildman–Crippen MR) is 101 cm³/mol. The first-order valence-corrected chi connectivity index (χ1v) is 9.27. The molecule has 0 bridgehead atoms. The number of likely N-dealkylation sites (N-methyl/N-ethyl adjacent to an activating group) is 1. The van der Waals surface area contributed by atoms with Gasteiger partial charge in [-0.2, -0.15) is 0 Å². The molecule has 27 heavy (non-hydrogen) atoms. The molecule has 0 radical (unpaired) electrons. The fraction of sp³-hybridized carbons (Fsp3) is 0.526. The highest BCUT2D eigenvalue weighted by Crippen LogP contribution is 2.16. The molecule has 148 valence electrons. The summed E-state index contributed by atoms with van der Waals surface area (Å²) in [4.78, 5) is 38.7. The highest BCUT2D eigenvalue weighted by molar-refractivity contribution is 5.95. The van der Waals surface area contributed by atoms with Gasteiger partial charge in [0.1, 0.15) is 0 Å². The number of nitrogens with zero attached hydrogens (tertiary/aromatic N) is 2. The van der Waals surface area contributed by atoms with Crippen molar-refractivity contribution in [2.75, 3.05) is 32.7 Å². The molecule has 1 aliphatic rings. The number of carboxylic acid groups (broad SMARTS) is 1. The van der Waals surface area contributed by atoms with Gasteiger partial charge >= 0.3 is 12.0 Å². The normalized spacial score (nSPS) is 15.5. The molecule has 8 nitrogen and oxygen atoms in total. The number of benzene rings is 1. The zero-order valence-corrected chi connectivity index (χ0v) is 15.7. The highest BCUT2D eigenvalue weighted by atomic mass is 16.4. The Morgan fingerprint density at radius 3 is 2.44 bits per heavy atom. The van der Waals surface area contributed by atoms with Crippen molar-refractivity contribution in [1.29, 1.82) is 0 Å². The molecule has 0 saturated carbocycles. The number of nitrogens with one attached hydrogen (secondary N) is 2. The summed E-state index contributed by atoms with van der Waals surface area (Å²) in [6.07, 6.45) is 1.63. The number of imide groups is 1. The maximum absolute atomic E-state index is 12.0. The van der Waals surface area contributed by atoms with Gasteiger partial charge in [-0.15, -0.1) is 0 Å². The molecule has 0 aromatic heterocycles. The summed E-state index contributed by atoms with van der Waals surface area (Å²) in [5.74, 6) is -1.16. The van der Waals surface area contributed by atoms with Gasteiger partial charge in [-0.25, -0.2) is 4.79 Å². The van der Waals surface area contributed by atoms with E-state index in [-0.39, 0.29) is 25.0 Å². The number of carbonyl (C=O) groups is 3. The topological polar surface area (TPSA) is 102 Å². The summed E-state index contributed by atoms with van der Waals surface area (Å²) in [6.45, 7) is 4.64. The van der Waals surface area contributed by atoms with E-state index in [4.69, 9.17) is 5.11 Å². The molecule has 8 heteroatoms. The van der Waals surface area contributed by atoms with Crippen molar-refractivity contribution < 1.29 is 19.5 Å². The van der Waals surface area contributed by atoms with Crippen LogP contribution in [0.15, 0.2) is 30.3 Å². The van der Waals surface area contributed by atoms with Crippen LogP contribution in [0, 0.1) is 0 Å². The Balaban J connectivity index is 1.68. The molecule has 3 amide bonds. The average Bonchev–Trinajstić information content (AvgIpc) is 2.66. The van der Waals surface area contributed by atoms with Crippen LogP contribution >= 0.6 is 0 Å². The van der Waals surface area contributed by atoms with Gasteiger partial charge in [-0.05, 0) is 24.9 Å². The van der Waals surface area contributed by atoms with Crippen molar-refractivity contribution in [3.05, 3.63) is 35.9 Å². The monoisotopic (exact) mass is 376 g/mol. The van der Waals surface area contributed by atoms with Crippen LogP contribution in [0.1, 0.15) is 25.3 Å².